The zero-order chi connectivity index (χ0) is 11.5. The molecule has 1 aliphatic rings. The molecule has 0 bridgehead atoms. The lowest BCUT2D eigenvalue weighted by molar-refractivity contribution is 0.277. The SMILES string of the molecule is CC(C#N)S(=O)(=O)N1CCC(CN)CC1. The standard InChI is InChI=1S/C9H17N3O2S/c1-8(6-10)15(13,14)12-4-2-9(7-11)3-5-12/h8-9H,2-5,7,11H2,1H3. The number of rotatable bonds is 3. The molecule has 0 aliphatic carbocycles. The maximum Gasteiger partial charge on any atom is 0.230 e. The van der Waals surface area contributed by atoms with E-state index in [1.54, 1.807) is 6.07 Å². The largest absolute Gasteiger partial charge is 0.330 e. The van der Waals surface area contributed by atoms with Crippen LogP contribution in [0.3, 0.4) is 0 Å². The van der Waals surface area contributed by atoms with Crippen LogP contribution < -0.4 is 5.73 Å². The first-order valence-corrected chi connectivity index (χ1v) is 6.61. The summed E-state index contributed by atoms with van der Waals surface area (Å²) < 4.78 is 25.0. The second kappa shape index (κ2) is 4.92. The number of nitrogens with zero attached hydrogens (tertiary/aromatic N) is 2. The van der Waals surface area contributed by atoms with Gasteiger partial charge < -0.3 is 5.73 Å². The Morgan fingerprint density at radius 3 is 2.47 bits per heavy atom. The number of nitriles is 1. The van der Waals surface area contributed by atoms with E-state index in [4.69, 9.17) is 11.0 Å². The highest BCUT2D eigenvalue weighted by molar-refractivity contribution is 7.89. The molecule has 5 nitrogen and oxygen atoms in total. The van der Waals surface area contributed by atoms with Crippen LogP contribution in [0.4, 0.5) is 0 Å². The highest BCUT2D eigenvalue weighted by atomic mass is 32.2. The van der Waals surface area contributed by atoms with Crippen LogP contribution in [0.1, 0.15) is 19.8 Å². The Morgan fingerprint density at radius 2 is 2.07 bits per heavy atom. The van der Waals surface area contributed by atoms with Gasteiger partial charge in [-0.25, -0.2) is 12.7 Å². The highest BCUT2D eigenvalue weighted by Crippen LogP contribution is 2.20. The van der Waals surface area contributed by atoms with Crippen LogP contribution in [0, 0.1) is 17.2 Å². The van der Waals surface area contributed by atoms with Crippen LogP contribution >= 0.6 is 0 Å². The van der Waals surface area contributed by atoms with E-state index in [-0.39, 0.29) is 0 Å². The smallest absolute Gasteiger partial charge is 0.230 e. The number of nitrogens with two attached hydrogens (primary N) is 1. The first kappa shape index (κ1) is 12.4. The van der Waals surface area contributed by atoms with E-state index in [1.165, 1.54) is 11.2 Å². The molecule has 1 heterocycles. The first-order valence-electron chi connectivity index (χ1n) is 5.11. The molecule has 1 fully saturated rings. The van der Waals surface area contributed by atoms with Gasteiger partial charge in [-0.3, -0.25) is 0 Å². The lowest BCUT2D eigenvalue weighted by Crippen LogP contribution is -2.43. The molecule has 1 rings (SSSR count). The zero-order valence-corrected chi connectivity index (χ0v) is 9.70. The lowest BCUT2D eigenvalue weighted by atomic mass is 9.99. The van der Waals surface area contributed by atoms with Crippen LogP contribution in [0.5, 0.6) is 0 Å². The van der Waals surface area contributed by atoms with Gasteiger partial charge in [0.05, 0.1) is 6.07 Å². The van der Waals surface area contributed by atoms with Crippen molar-refractivity contribution in [1.82, 2.24) is 4.31 Å². The average Bonchev–Trinajstić information content (AvgIpc) is 2.28. The zero-order valence-electron chi connectivity index (χ0n) is 8.89. The van der Waals surface area contributed by atoms with Crippen molar-refractivity contribution in [2.75, 3.05) is 19.6 Å². The molecule has 0 radical (unpaired) electrons. The fourth-order valence-corrected chi connectivity index (χ4v) is 2.99. The molecule has 6 heteroatoms. The van der Waals surface area contributed by atoms with Gasteiger partial charge in [0.1, 0.15) is 0 Å². The van der Waals surface area contributed by atoms with Gasteiger partial charge in [0.25, 0.3) is 0 Å². The molecule has 1 aliphatic heterocycles. The fourth-order valence-electron chi connectivity index (χ4n) is 1.69. The summed E-state index contributed by atoms with van der Waals surface area (Å²) in [5.74, 6) is 0.425. The van der Waals surface area contributed by atoms with Crippen LogP contribution in [0.15, 0.2) is 0 Å². The summed E-state index contributed by atoms with van der Waals surface area (Å²) in [7, 11) is -3.41. The van der Waals surface area contributed by atoms with Crippen molar-refractivity contribution in [2.45, 2.75) is 25.0 Å². The van der Waals surface area contributed by atoms with Gasteiger partial charge in [-0.1, -0.05) is 0 Å². The van der Waals surface area contributed by atoms with E-state index in [2.05, 4.69) is 0 Å². The van der Waals surface area contributed by atoms with Gasteiger partial charge in [-0.15, -0.1) is 0 Å². The first-order chi connectivity index (χ1) is 7.02. The molecule has 0 amide bonds. The van der Waals surface area contributed by atoms with Gasteiger partial charge >= 0.3 is 0 Å². The topological polar surface area (TPSA) is 87.2 Å². The number of hydrogen-bond acceptors (Lipinski definition) is 4. The number of piperidine rings is 1. The summed E-state index contributed by atoms with van der Waals surface area (Å²) in [6, 6.07) is 1.77. The molecule has 1 unspecified atom stereocenters. The van der Waals surface area contributed by atoms with E-state index in [9.17, 15) is 8.42 Å². The summed E-state index contributed by atoms with van der Waals surface area (Å²) in [5.41, 5.74) is 5.52. The van der Waals surface area contributed by atoms with Crippen molar-refractivity contribution in [3.05, 3.63) is 0 Å². The van der Waals surface area contributed by atoms with Crippen molar-refractivity contribution in [3.63, 3.8) is 0 Å². The average molecular weight is 231 g/mol. The molecule has 1 atom stereocenters. The van der Waals surface area contributed by atoms with Gasteiger partial charge in [0, 0.05) is 13.1 Å². The van der Waals surface area contributed by atoms with E-state index in [0.717, 1.165) is 12.8 Å². The normalized spacial score (nSPS) is 22.2. The predicted molar refractivity (Wildman–Crippen MR) is 57.3 cm³/mol. The molecule has 0 aromatic heterocycles. The summed E-state index contributed by atoms with van der Waals surface area (Å²) >= 11 is 0. The van der Waals surface area contributed by atoms with Crippen molar-refractivity contribution >= 4 is 10.0 Å². The maximum absolute atomic E-state index is 11.8. The minimum atomic E-state index is -3.41. The molecular weight excluding hydrogens is 214 g/mol. The van der Waals surface area contributed by atoms with Crippen molar-refractivity contribution in [2.24, 2.45) is 11.7 Å². The third kappa shape index (κ3) is 2.68. The minimum absolute atomic E-state index is 0.425. The third-order valence-corrected chi connectivity index (χ3v) is 4.98. The molecule has 0 aromatic carbocycles. The molecule has 2 N–H and O–H groups in total. The van der Waals surface area contributed by atoms with Crippen molar-refractivity contribution < 1.29 is 8.42 Å². The third-order valence-electron chi connectivity index (χ3n) is 2.90. The summed E-state index contributed by atoms with van der Waals surface area (Å²) in [6.45, 7) is 3.03. The monoisotopic (exact) mass is 231 g/mol. The minimum Gasteiger partial charge on any atom is -0.330 e. The quantitative estimate of drug-likeness (QED) is 0.734. The molecular formula is C9H17N3O2S. The van der Waals surface area contributed by atoms with E-state index in [1.807, 2.05) is 0 Å². The second-order valence-electron chi connectivity index (χ2n) is 3.89. The molecule has 15 heavy (non-hydrogen) atoms. The van der Waals surface area contributed by atoms with Gasteiger partial charge in [-0.2, -0.15) is 5.26 Å². The lowest BCUT2D eigenvalue weighted by Gasteiger charge is -2.31. The number of sulfonamides is 1. The Labute approximate surface area is 90.9 Å². The fraction of sp³-hybridized carbons (Fsp3) is 0.889. The molecule has 0 spiro atoms. The maximum atomic E-state index is 11.8. The van der Waals surface area contributed by atoms with Crippen LogP contribution in [0.25, 0.3) is 0 Å². The summed E-state index contributed by atoms with van der Waals surface area (Å²) in [5, 5.41) is 7.67. The van der Waals surface area contributed by atoms with Crippen molar-refractivity contribution in [1.29, 1.82) is 5.26 Å². The Balaban J connectivity index is 2.65. The Hall–Kier alpha value is -0.640. The van der Waals surface area contributed by atoms with Crippen molar-refractivity contribution in [3.8, 4) is 6.07 Å². The second-order valence-corrected chi connectivity index (χ2v) is 6.15. The van der Waals surface area contributed by atoms with Crippen LogP contribution in [-0.4, -0.2) is 37.6 Å². The molecule has 0 aromatic rings. The Kier molecular flexibility index (Phi) is 4.08. The van der Waals surface area contributed by atoms with Gasteiger partial charge in [-0.05, 0) is 32.2 Å². The number of hydrogen-bond donors (Lipinski definition) is 1. The van der Waals surface area contributed by atoms with E-state index in [0.29, 0.717) is 25.6 Å². The Bertz CT molecular complexity index is 339. The molecule has 86 valence electrons. The van der Waals surface area contributed by atoms with Gasteiger partial charge in [0.15, 0.2) is 5.25 Å². The summed E-state index contributed by atoms with van der Waals surface area (Å²) in [4.78, 5) is 0. The molecule has 0 saturated carbocycles. The highest BCUT2D eigenvalue weighted by Gasteiger charge is 2.31. The summed E-state index contributed by atoms with van der Waals surface area (Å²) in [6.07, 6.45) is 1.60. The van der Waals surface area contributed by atoms with Gasteiger partial charge in [0.2, 0.25) is 10.0 Å². The van der Waals surface area contributed by atoms with E-state index >= 15 is 0 Å². The van der Waals surface area contributed by atoms with E-state index < -0.39 is 15.3 Å². The predicted octanol–water partition coefficient (Wildman–Crippen LogP) is -0.101. The Morgan fingerprint density at radius 1 is 1.53 bits per heavy atom. The van der Waals surface area contributed by atoms with Crippen LogP contribution in [0.2, 0.25) is 0 Å². The van der Waals surface area contributed by atoms with Crippen LogP contribution in [-0.2, 0) is 10.0 Å². The molecule has 1 saturated heterocycles.